The second-order valence-electron chi connectivity index (χ2n) is 3.96. The molecule has 0 amide bonds. The molecular weight excluding hydrogens is 176 g/mol. The molecule has 1 aromatic rings. The fraction of sp³-hybridized carbons (Fsp3) is 0.417. The third-order valence-corrected chi connectivity index (χ3v) is 2.45. The molecule has 1 fully saturated rings. The Balaban J connectivity index is 2.11. The maximum Gasteiger partial charge on any atom is 0.314 e. The van der Waals surface area contributed by atoms with Crippen LogP contribution in [0.4, 0.5) is 0 Å². The maximum absolute atomic E-state index is 11.4. The Morgan fingerprint density at radius 2 is 2.07 bits per heavy atom. The average molecular weight is 190 g/mol. The minimum absolute atomic E-state index is 0.0723. The zero-order chi connectivity index (χ0) is 10.1. The molecule has 0 N–H and O–H groups in total. The number of carbonyl (C=O) groups is 1. The van der Waals surface area contributed by atoms with Crippen LogP contribution in [-0.4, -0.2) is 5.97 Å². The van der Waals surface area contributed by atoms with Gasteiger partial charge in [-0.15, -0.1) is 0 Å². The first-order chi connectivity index (χ1) is 6.66. The van der Waals surface area contributed by atoms with Gasteiger partial charge in [0.05, 0.1) is 5.92 Å². The fourth-order valence-electron chi connectivity index (χ4n) is 1.42. The molecule has 0 atom stereocenters. The fourth-order valence-corrected chi connectivity index (χ4v) is 1.42. The zero-order valence-electron chi connectivity index (χ0n) is 8.54. The van der Waals surface area contributed by atoms with Crippen LogP contribution in [0.15, 0.2) is 18.2 Å². The Morgan fingerprint density at radius 1 is 1.36 bits per heavy atom. The lowest BCUT2D eigenvalue weighted by atomic mass is 10.1. The van der Waals surface area contributed by atoms with Crippen LogP contribution in [-0.2, 0) is 4.79 Å². The lowest BCUT2D eigenvalue weighted by Crippen LogP contribution is -2.10. The standard InChI is InChI=1S/C12H14O2/c1-8-3-6-11(9(2)7-8)14-12(13)10-4-5-10/h3,6-7,10H,4-5H2,1-2H3. The molecule has 0 aromatic heterocycles. The molecule has 0 unspecified atom stereocenters. The van der Waals surface area contributed by atoms with Gasteiger partial charge in [0, 0.05) is 0 Å². The molecule has 14 heavy (non-hydrogen) atoms. The average Bonchev–Trinajstić information content (AvgIpc) is 2.92. The van der Waals surface area contributed by atoms with Crippen LogP contribution in [0.25, 0.3) is 0 Å². The molecule has 2 heteroatoms. The topological polar surface area (TPSA) is 26.3 Å². The second-order valence-corrected chi connectivity index (χ2v) is 3.96. The van der Waals surface area contributed by atoms with E-state index in [1.807, 2.05) is 32.0 Å². The third-order valence-electron chi connectivity index (χ3n) is 2.45. The number of hydrogen-bond donors (Lipinski definition) is 0. The summed E-state index contributed by atoms with van der Waals surface area (Å²) in [5, 5.41) is 0. The SMILES string of the molecule is Cc1ccc(OC(=O)C2CC2)c(C)c1. The summed E-state index contributed by atoms with van der Waals surface area (Å²) < 4.78 is 5.29. The highest BCUT2D eigenvalue weighted by atomic mass is 16.5. The Hall–Kier alpha value is -1.31. The summed E-state index contributed by atoms with van der Waals surface area (Å²) in [7, 11) is 0. The van der Waals surface area contributed by atoms with Crippen molar-refractivity contribution in [3.63, 3.8) is 0 Å². The molecule has 1 saturated carbocycles. The molecule has 0 bridgehead atoms. The summed E-state index contributed by atoms with van der Waals surface area (Å²) in [6.07, 6.45) is 1.98. The van der Waals surface area contributed by atoms with E-state index in [1.54, 1.807) is 0 Å². The van der Waals surface area contributed by atoms with E-state index < -0.39 is 0 Å². The van der Waals surface area contributed by atoms with Crippen LogP contribution in [0.5, 0.6) is 5.75 Å². The monoisotopic (exact) mass is 190 g/mol. The summed E-state index contributed by atoms with van der Waals surface area (Å²) >= 11 is 0. The summed E-state index contributed by atoms with van der Waals surface area (Å²) in [5.74, 6) is 0.792. The van der Waals surface area contributed by atoms with E-state index >= 15 is 0 Å². The third kappa shape index (κ3) is 1.95. The summed E-state index contributed by atoms with van der Waals surface area (Å²) in [6.45, 7) is 3.99. The molecule has 0 saturated heterocycles. The van der Waals surface area contributed by atoms with Crippen LogP contribution in [0, 0.1) is 19.8 Å². The molecule has 0 spiro atoms. The summed E-state index contributed by atoms with van der Waals surface area (Å²) in [5.41, 5.74) is 2.22. The van der Waals surface area contributed by atoms with Gasteiger partial charge in [-0.25, -0.2) is 0 Å². The molecule has 0 heterocycles. The van der Waals surface area contributed by atoms with Gasteiger partial charge < -0.3 is 4.74 Å². The number of ether oxygens (including phenoxy) is 1. The number of aryl methyl sites for hydroxylation is 2. The predicted octanol–water partition coefficient (Wildman–Crippen LogP) is 2.62. The Labute approximate surface area is 83.9 Å². The molecule has 74 valence electrons. The van der Waals surface area contributed by atoms with E-state index in [9.17, 15) is 4.79 Å². The van der Waals surface area contributed by atoms with E-state index in [0.29, 0.717) is 5.75 Å². The first-order valence-corrected chi connectivity index (χ1v) is 4.96. The zero-order valence-corrected chi connectivity index (χ0v) is 8.54. The maximum atomic E-state index is 11.4. The van der Waals surface area contributed by atoms with Crippen molar-refractivity contribution in [2.45, 2.75) is 26.7 Å². The highest BCUT2D eigenvalue weighted by molar-refractivity contribution is 5.77. The highest BCUT2D eigenvalue weighted by Crippen LogP contribution is 2.31. The van der Waals surface area contributed by atoms with Crippen molar-refractivity contribution >= 4 is 5.97 Å². The molecule has 1 aromatic carbocycles. The van der Waals surface area contributed by atoms with E-state index in [0.717, 1.165) is 18.4 Å². The van der Waals surface area contributed by atoms with Gasteiger partial charge in [0.25, 0.3) is 0 Å². The van der Waals surface area contributed by atoms with Gasteiger partial charge in [-0.2, -0.15) is 0 Å². The number of benzene rings is 1. The number of rotatable bonds is 2. The van der Waals surface area contributed by atoms with E-state index in [2.05, 4.69) is 0 Å². The van der Waals surface area contributed by atoms with Crippen molar-refractivity contribution < 1.29 is 9.53 Å². The summed E-state index contributed by atoms with van der Waals surface area (Å²) in [4.78, 5) is 11.4. The van der Waals surface area contributed by atoms with Crippen LogP contribution < -0.4 is 4.74 Å². The first-order valence-electron chi connectivity index (χ1n) is 4.96. The van der Waals surface area contributed by atoms with Gasteiger partial charge in [0.15, 0.2) is 0 Å². The van der Waals surface area contributed by atoms with Crippen molar-refractivity contribution in [1.82, 2.24) is 0 Å². The largest absolute Gasteiger partial charge is 0.426 e. The number of carbonyl (C=O) groups excluding carboxylic acids is 1. The molecule has 0 radical (unpaired) electrons. The van der Waals surface area contributed by atoms with Gasteiger partial charge in [0.1, 0.15) is 5.75 Å². The number of hydrogen-bond acceptors (Lipinski definition) is 2. The Kier molecular flexibility index (Phi) is 2.28. The molecular formula is C12H14O2. The van der Waals surface area contributed by atoms with Crippen molar-refractivity contribution in [3.8, 4) is 5.75 Å². The normalized spacial score (nSPS) is 15.3. The lowest BCUT2D eigenvalue weighted by Gasteiger charge is -2.06. The minimum Gasteiger partial charge on any atom is -0.426 e. The minimum atomic E-state index is -0.0723. The van der Waals surface area contributed by atoms with Crippen LogP contribution in [0.1, 0.15) is 24.0 Å². The molecule has 2 nitrogen and oxygen atoms in total. The van der Waals surface area contributed by atoms with Gasteiger partial charge in [0.2, 0.25) is 0 Å². The summed E-state index contributed by atoms with van der Waals surface area (Å²) in [6, 6.07) is 5.85. The molecule has 1 aliphatic carbocycles. The molecule has 1 aliphatic rings. The van der Waals surface area contributed by atoms with Crippen molar-refractivity contribution in [2.75, 3.05) is 0 Å². The first kappa shape index (κ1) is 9.25. The van der Waals surface area contributed by atoms with Crippen LogP contribution >= 0.6 is 0 Å². The molecule has 2 rings (SSSR count). The highest BCUT2D eigenvalue weighted by Gasteiger charge is 2.31. The van der Waals surface area contributed by atoms with E-state index in [1.165, 1.54) is 5.56 Å². The van der Waals surface area contributed by atoms with Crippen molar-refractivity contribution in [1.29, 1.82) is 0 Å². The molecule has 0 aliphatic heterocycles. The Bertz CT molecular complexity index is 365. The van der Waals surface area contributed by atoms with E-state index in [4.69, 9.17) is 4.74 Å². The van der Waals surface area contributed by atoms with Crippen LogP contribution in [0.3, 0.4) is 0 Å². The van der Waals surface area contributed by atoms with Gasteiger partial charge in [-0.1, -0.05) is 17.7 Å². The quantitative estimate of drug-likeness (QED) is 0.529. The van der Waals surface area contributed by atoms with Gasteiger partial charge in [-0.05, 0) is 38.3 Å². The predicted molar refractivity (Wildman–Crippen MR) is 54.3 cm³/mol. The smallest absolute Gasteiger partial charge is 0.314 e. The van der Waals surface area contributed by atoms with Gasteiger partial charge >= 0.3 is 5.97 Å². The van der Waals surface area contributed by atoms with Crippen LogP contribution in [0.2, 0.25) is 0 Å². The van der Waals surface area contributed by atoms with E-state index in [-0.39, 0.29) is 11.9 Å². The number of esters is 1. The van der Waals surface area contributed by atoms with Gasteiger partial charge in [-0.3, -0.25) is 4.79 Å². The second kappa shape index (κ2) is 3.45. The van der Waals surface area contributed by atoms with Crippen molar-refractivity contribution in [3.05, 3.63) is 29.3 Å². The lowest BCUT2D eigenvalue weighted by molar-refractivity contribution is -0.135. The van der Waals surface area contributed by atoms with Crippen molar-refractivity contribution in [2.24, 2.45) is 5.92 Å². The Morgan fingerprint density at radius 3 is 2.64 bits per heavy atom.